The maximum absolute atomic E-state index is 12.2. The Balaban J connectivity index is 1.64. The highest BCUT2D eigenvalue weighted by Crippen LogP contribution is 2.37. The van der Waals surface area contributed by atoms with Crippen LogP contribution in [0.15, 0.2) is 12.3 Å². The van der Waals surface area contributed by atoms with E-state index in [2.05, 4.69) is 10.3 Å². The second-order valence-corrected chi connectivity index (χ2v) is 5.89. The number of halogens is 1. The fraction of sp³-hybridized carbons (Fsp3) is 0.615. The third-order valence-corrected chi connectivity index (χ3v) is 4.54. The zero-order valence-corrected chi connectivity index (χ0v) is 11.1. The summed E-state index contributed by atoms with van der Waals surface area (Å²) in [6.45, 7) is 3.96. The molecule has 0 atom stereocenters. The molecular formula is C13H18ClN3O. The molecule has 4 nitrogen and oxygen atoms in total. The highest BCUT2D eigenvalue weighted by atomic mass is 35.5. The van der Waals surface area contributed by atoms with Crippen molar-refractivity contribution in [1.82, 2.24) is 15.2 Å². The van der Waals surface area contributed by atoms with Crippen LogP contribution in [-0.2, 0) is 0 Å². The van der Waals surface area contributed by atoms with Crippen molar-refractivity contribution in [2.45, 2.75) is 19.3 Å². The molecule has 2 N–H and O–H groups in total. The first-order valence-corrected chi connectivity index (χ1v) is 6.90. The van der Waals surface area contributed by atoms with Crippen LogP contribution in [0.2, 0.25) is 5.02 Å². The number of nitrogens with one attached hydrogen (secondary N) is 2. The molecule has 1 spiro atoms. The van der Waals surface area contributed by atoms with Crippen molar-refractivity contribution in [1.29, 1.82) is 0 Å². The van der Waals surface area contributed by atoms with Crippen LogP contribution in [0, 0.1) is 5.41 Å². The van der Waals surface area contributed by atoms with Crippen LogP contribution >= 0.6 is 11.6 Å². The number of amides is 1. The van der Waals surface area contributed by atoms with Gasteiger partial charge in [0.1, 0.15) is 5.69 Å². The van der Waals surface area contributed by atoms with Gasteiger partial charge in [-0.05, 0) is 37.3 Å². The summed E-state index contributed by atoms with van der Waals surface area (Å²) in [4.78, 5) is 17.1. The summed E-state index contributed by atoms with van der Waals surface area (Å²) in [5, 5.41) is 4.02. The van der Waals surface area contributed by atoms with Gasteiger partial charge in [0.15, 0.2) is 0 Å². The Labute approximate surface area is 112 Å². The van der Waals surface area contributed by atoms with E-state index in [9.17, 15) is 4.79 Å². The van der Waals surface area contributed by atoms with Crippen molar-refractivity contribution in [3.63, 3.8) is 0 Å². The van der Waals surface area contributed by atoms with Crippen molar-refractivity contribution < 1.29 is 4.79 Å². The van der Waals surface area contributed by atoms with Gasteiger partial charge in [-0.2, -0.15) is 0 Å². The summed E-state index contributed by atoms with van der Waals surface area (Å²) in [7, 11) is 0. The Morgan fingerprint density at radius 1 is 1.33 bits per heavy atom. The van der Waals surface area contributed by atoms with E-state index in [0.29, 0.717) is 16.1 Å². The van der Waals surface area contributed by atoms with Gasteiger partial charge >= 0.3 is 0 Å². The van der Waals surface area contributed by atoms with Gasteiger partial charge in [-0.15, -0.1) is 0 Å². The lowest BCUT2D eigenvalue weighted by Gasteiger charge is -2.38. The van der Waals surface area contributed by atoms with E-state index in [1.807, 2.05) is 4.90 Å². The number of aromatic nitrogens is 1. The fourth-order valence-electron chi connectivity index (χ4n) is 3.07. The highest BCUT2D eigenvalue weighted by Gasteiger charge is 2.38. The molecule has 2 aliphatic heterocycles. The Bertz CT molecular complexity index is 441. The molecule has 2 aliphatic rings. The van der Waals surface area contributed by atoms with Gasteiger partial charge in [0.2, 0.25) is 0 Å². The number of carbonyl (C=O) groups excluding carboxylic acids is 1. The van der Waals surface area contributed by atoms with Crippen LogP contribution in [-0.4, -0.2) is 42.0 Å². The Morgan fingerprint density at radius 3 is 2.67 bits per heavy atom. The predicted octanol–water partition coefficient (Wildman–Crippen LogP) is 1.88. The smallest absolute Gasteiger partial charge is 0.270 e. The third-order valence-electron chi connectivity index (χ3n) is 4.32. The van der Waals surface area contributed by atoms with Crippen molar-refractivity contribution in [2.75, 3.05) is 26.2 Å². The standard InChI is InChI=1S/C13H18ClN3O/c14-10-7-11(16-8-10)12(18)17-5-2-13(3-6-17)1-4-15-9-13/h7-8,15-16H,1-6,9H2. The van der Waals surface area contributed by atoms with Crippen molar-refractivity contribution in [3.8, 4) is 0 Å². The number of aromatic amines is 1. The summed E-state index contributed by atoms with van der Waals surface area (Å²) in [6, 6.07) is 1.70. The molecule has 1 amide bonds. The van der Waals surface area contributed by atoms with Crippen LogP contribution in [0.4, 0.5) is 0 Å². The minimum absolute atomic E-state index is 0.0720. The van der Waals surface area contributed by atoms with Crippen LogP contribution in [0.5, 0.6) is 0 Å². The molecule has 0 unspecified atom stereocenters. The number of H-pyrrole nitrogens is 1. The maximum atomic E-state index is 12.2. The van der Waals surface area contributed by atoms with Crippen molar-refractivity contribution in [3.05, 3.63) is 23.0 Å². The van der Waals surface area contributed by atoms with Gasteiger partial charge in [-0.3, -0.25) is 4.79 Å². The van der Waals surface area contributed by atoms with Gasteiger partial charge in [-0.25, -0.2) is 0 Å². The van der Waals surface area contributed by atoms with E-state index in [4.69, 9.17) is 11.6 Å². The number of piperidine rings is 1. The average molecular weight is 268 g/mol. The summed E-state index contributed by atoms with van der Waals surface area (Å²) < 4.78 is 0. The summed E-state index contributed by atoms with van der Waals surface area (Å²) in [5.41, 5.74) is 1.05. The first kappa shape index (κ1) is 12.1. The molecule has 0 bridgehead atoms. The van der Waals surface area contributed by atoms with E-state index in [1.165, 1.54) is 6.42 Å². The first-order chi connectivity index (χ1) is 8.69. The van der Waals surface area contributed by atoms with Crippen molar-refractivity contribution >= 4 is 17.5 Å². The molecular weight excluding hydrogens is 250 g/mol. The lowest BCUT2D eigenvalue weighted by molar-refractivity contribution is 0.0602. The number of hydrogen-bond acceptors (Lipinski definition) is 2. The molecule has 18 heavy (non-hydrogen) atoms. The number of likely N-dealkylation sites (tertiary alicyclic amines) is 1. The number of carbonyl (C=O) groups is 1. The molecule has 0 saturated carbocycles. The molecule has 3 rings (SSSR count). The van der Waals surface area contributed by atoms with E-state index >= 15 is 0 Å². The molecule has 2 fully saturated rings. The van der Waals surface area contributed by atoms with Crippen LogP contribution in [0.25, 0.3) is 0 Å². The maximum Gasteiger partial charge on any atom is 0.270 e. The van der Waals surface area contributed by atoms with Gasteiger partial charge in [0.25, 0.3) is 5.91 Å². The van der Waals surface area contributed by atoms with Crippen molar-refractivity contribution in [2.24, 2.45) is 5.41 Å². The minimum Gasteiger partial charge on any atom is -0.356 e. The average Bonchev–Trinajstić information content (AvgIpc) is 3.00. The summed E-state index contributed by atoms with van der Waals surface area (Å²) in [6.07, 6.45) is 5.13. The minimum atomic E-state index is 0.0720. The Hall–Kier alpha value is -1.00. The molecule has 5 heteroatoms. The molecule has 3 heterocycles. The molecule has 98 valence electrons. The van der Waals surface area contributed by atoms with Gasteiger partial charge in [0, 0.05) is 25.8 Å². The summed E-state index contributed by atoms with van der Waals surface area (Å²) in [5.74, 6) is 0.0720. The lowest BCUT2D eigenvalue weighted by Crippen LogP contribution is -2.44. The van der Waals surface area contributed by atoms with Crippen LogP contribution < -0.4 is 5.32 Å². The highest BCUT2D eigenvalue weighted by molar-refractivity contribution is 6.30. The predicted molar refractivity (Wildman–Crippen MR) is 70.9 cm³/mol. The van der Waals surface area contributed by atoms with Gasteiger partial charge < -0.3 is 15.2 Å². The lowest BCUT2D eigenvalue weighted by atomic mass is 9.78. The molecule has 0 aliphatic carbocycles. The molecule has 0 radical (unpaired) electrons. The molecule has 1 aromatic heterocycles. The second kappa shape index (κ2) is 4.59. The van der Waals surface area contributed by atoms with E-state index < -0.39 is 0 Å². The van der Waals surface area contributed by atoms with E-state index in [-0.39, 0.29) is 5.91 Å². The quantitative estimate of drug-likeness (QED) is 0.816. The monoisotopic (exact) mass is 267 g/mol. The van der Waals surface area contributed by atoms with E-state index in [1.54, 1.807) is 12.3 Å². The number of nitrogens with zero attached hydrogens (tertiary/aromatic N) is 1. The second-order valence-electron chi connectivity index (χ2n) is 5.45. The molecule has 0 aromatic carbocycles. The topological polar surface area (TPSA) is 48.1 Å². The van der Waals surface area contributed by atoms with Crippen LogP contribution in [0.1, 0.15) is 29.8 Å². The zero-order valence-electron chi connectivity index (χ0n) is 10.3. The van der Waals surface area contributed by atoms with Gasteiger partial charge in [-0.1, -0.05) is 11.6 Å². The van der Waals surface area contributed by atoms with Gasteiger partial charge in [0.05, 0.1) is 5.02 Å². The molecule has 1 aromatic rings. The fourth-order valence-corrected chi connectivity index (χ4v) is 3.23. The third kappa shape index (κ3) is 2.15. The Kier molecular flexibility index (Phi) is 3.08. The SMILES string of the molecule is O=C(c1cc(Cl)c[nH]1)N1CCC2(CCNC2)CC1. The first-order valence-electron chi connectivity index (χ1n) is 6.53. The Morgan fingerprint density at radius 2 is 2.11 bits per heavy atom. The van der Waals surface area contributed by atoms with Crippen LogP contribution in [0.3, 0.4) is 0 Å². The van der Waals surface area contributed by atoms with E-state index in [0.717, 1.165) is 39.0 Å². The number of rotatable bonds is 1. The number of hydrogen-bond donors (Lipinski definition) is 2. The summed E-state index contributed by atoms with van der Waals surface area (Å²) >= 11 is 5.83. The normalized spacial score (nSPS) is 22.6. The zero-order chi connectivity index (χ0) is 12.6. The molecule has 2 saturated heterocycles. The largest absolute Gasteiger partial charge is 0.356 e.